The number of rotatable bonds is 5. The first-order chi connectivity index (χ1) is 10.5. The zero-order valence-electron chi connectivity index (χ0n) is 13.3. The molecular weight excluding hydrogens is 278 g/mol. The molecule has 22 heavy (non-hydrogen) atoms. The van der Waals surface area contributed by atoms with Gasteiger partial charge in [0.1, 0.15) is 11.5 Å². The van der Waals surface area contributed by atoms with Crippen molar-refractivity contribution < 1.29 is 14.3 Å². The number of ether oxygens (including phenoxy) is 2. The van der Waals surface area contributed by atoms with Crippen molar-refractivity contribution in [3.05, 3.63) is 53.6 Å². The molecule has 4 heteroatoms. The van der Waals surface area contributed by atoms with Gasteiger partial charge in [-0.2, -0.15) is 0 Å². The normalized spacial score (nSPS) is 11.6. The standard InChI is InChI=1S/C18H21NO3/c1-12-5-6-13(2)17(11-12)19-18(20)14(3)22-16-9-7-15(21-4)8-10-16/h5-11,14H,1-4H3,(H,19,20)/t14-/m0/s1. The lowest BCUT2D eigenvalue weighted by Gasteiger charge is -2.16. The van der Waals surface area contributed by atoms with Crippen LogP contribution in [0.5, 0.6) is 11.5 Å². The topological polar surface area (TPSA) is 47.6 Å². The molecule has 116 valence electrons. The van der Waals surface area contributed by atoms with E-state index < -0.39 is 6.10 Å². The van der Waals surface area contributed by atoms with Crippen molar-refractivity contribution in [3.8, 4) is 11.5 Å². The van der Waals surface area contributed by atoms with Gasteiger partial charge in [0.15, 0.2) is 6.10 Å². The zero-order valence-corrected chi connectivity index (χ0v) is 13.3. The van der Waals surface area contributed by atoms with Gasteiger partial charge >= 0.3 is 0 Å². The van der Waals surface area contributed by atoms with Gasteiger partial charge in [0.2, 0.25) is 0 Å². The van der Waals surface area contributed by atoms with Crippen molar-refractivity contribution in [2.45, 2.75) is 26.9 Å². The van der Waals surface area contributed by atoms with E-state index in [0.29, 0.717) is 5.75 Å². The Morgan fingerprint density at radius 1 is 1.05 bits per heavy atom. The Morgan fingerprint density at radius 2 is 1.68 bits per heavy atom. The second kappa shape index (κ2) is 6.98. The lowest BCUT2D eigenvalue weighted by atomic mass is 10.1. The summed E-state index contributed by atoms with van der Waals surface area (Å²) in [5, 5.41) is 2.90. The molecule has 0 aliphatic carbocycles. The highest BCUT2D eigenvalue weighted by Gasteiger charge is 2.15. The van der Waals surface area contributed by atoms with Gasteiger partial charge in [-0.05, 0) is 62.2 Å². The lowest BCUT2D eigenvalue weighted by molar-refractivity contribution is -0.122. The number of amides is 1. The second-order valence-electron chi connectivity index (χ2n) is 5.24. The van der Waals surface area contributed by atoms with E-state index >= 15 is 0 Å². The smallest absolute Gasteiger partial charge is 0.265 e. The van der Waals surface area contributed by atoms with Crippen LogP contribution in [0.2, 0.25) is 0 Å². The molecule has 0 heterocycles. The minimum Gasteiger partial charge on any atom is -0.497 e. The molecule has 0 fully saturated rings. The first-order valence-electron chi connectivity index (χ1n) is 7.18. The molecule has 2 rings (SSSR count). The molecule has 0 unspecified atom stereocenters. The van der Waals surface area contributed by atoms with E-state index in [-0.39, 0.29) is 5.91 Å². The first kappa shape index (κ1) is 15.9. The molecule has 0 spiro atoms. The molecule has 2 aromatic rings. The van der Waals surface area contributed by atoms with Gasteiger partial charge in [0, 0.05) is 5.69 Å². The van der Waals surface area contributed by atoms with E-state index in [4.69, 9.17) is 9.47 Å². The van der Waals surface area contributed by atoms with Crippen molar-refractivity contribution in [2.75, 3.05) is 12.4 Å². The van der Waals surface area contributed by atoms with Gasteiger partial charge in [-0.15, -0.1) is 0 Å². The van der Waals surface area contributed by atoms with E-state index in [1.165, 1.54) is 0 Å². The van der Waals surface area contributed by atoms with E-state index in [0.717, 1.165) is 22.6 Å². The molecule has 0 radical (unpaired) electrons. The molecule has 1 amide bonds. The maximum atomic E-state index is 12.2. The summed E-state index contributed by atoms with van der Waals surface area (Å²) in [7, 11) is 1.61. The Kier molecular flexibility index (Phi) is 5.04. The molecule has 0 bridgehead atoms. The van der Waals surface area contributed by atoms with Crippen LogP contribution < -0.4 is 14.8 Å². The van der Waals surface area contributed by atoms with Crippen molar-refractivity contribution in [2.24, 2.45) is 0 Å². The van der Waals surface area contributed by atoms with Gasteiger partial charge in [-0.1, -0.05) is 12.1 Å². The van der Waals surface area contributed by atoms with Gasteiger partial charge in [0.25, 0.3) is 5.91 Å². The van der Waals surface area contributed by atoms with Crippen LogP contribution in [0.15, 0.2) is 42.5 Å². The molecule has 4 nitrogen and oxygen atoms in total. The quantitative estimate of drug-likeness (QED) is 0.915. The van der Waals surface area contributed by atoms with Crippen molar-refractivity contribution in [1.82, 2.24) is 0 Å². The van der Waals surface area contributed by atoms with E-state index in [2.05, 4.69) is 5.32 Å². The molecule has 0 aliphatic rings. The summed E-state index contributed by atoms with van der Waals surface area (Å²) < 4.78 is 10.7. The highest BCUT2D eigenvalue weighted by atomic mass is 16.5. The Hall–Kier alpha value is -2.49. The lowest BCUT2D eigenvalue weighted by Crippen LogP contribution is -2.30. The molecule has 0 saturated carbocycles. The largest absolute Gasteiger partial charge is 0.497 e. The highest BCUT2D eigenvalue weighted by molar-refractivity contribution is 5.94. The van der Waals surface area contributed by atoms with Crippen LogP contribution in [-0.4, -0.2) is 19.1 Å². The summed E-state index contributed by atoms with van der Waals surface area (Å²) in [4.78, 5) is 12.2. The van der Waals surface area contributed by atoms with Gasteiger partial charge in [-0.25, -0.2) is 0 Å². The molecule has 1 atom stereocenters. The Bertz CT molecular complexity index is 650. The van der Waals surface area contributed by atoms with Gasteiger partial charge < -0.3 is 14.8 Å². The van der Waals surface area contributed by atoms with E-state index in [1.807, 2.05) is 32.0 Å². The minimum atomic E-state index is -0.590. The number of nitrogens with one attached hydrogen (secondary N) is 1. The Labute approximate surface area is 131 Å². The number of hydrogen-bond acceptors (Lipinski definition) is 3. The molecule has 0 aliphatic heterocycles. The zero-order chi connectivity index (χ0) is 16.1. The van der Waals surface area contributed by atoms with Crippen LogP contribution in [0.4, 0.5) is 5.69 Å². The fourth-order valence-electron chi connectivity index (χ4n) is 2.02. The summed E-state index contributed by atoms with van der Waals surface area (Å²) in [5.41, 5.74) is 2.94. The SMILES string of the molecule is COc1ccc(O[C@@H](C)C(=O)Nc2cc(C)ccc2C)cc1. The fourth-order valence-corrected chi connectivity index (χ4v) is 2.02. The average Bonchev–Trinajstić information content (AvgIpc) is 2.51. The summed E-state index contributed by atoms with van der Waals surface area (Å²) in [5.74, 6) is 1.20. The highest BCUT2D eigenvalue weighted by Crippen LogP contribution is 2.20. The number of hydrogen-bond donors (Lipinski definition) is 1. The third-order valence-electron chi connectivity index (χ3n) is 3.39. The monoisotopic (exact) mass is 299 g/mol. The fraction of sp³-hybridized carbons (Fsp3) is 0.278. The van der Waals surface area contributed by atoms with Crippen LogP contribution in [0.1, 0.15) is 18.1 Å². The number of anilines is 1. The maximum absolute atomic E-state index is 12.2. The van der Waals surface area contributed by atoms with Gasteiger partial charge in [-0.3, -0.25) is 4.79 Å². The van der Waals surface area contributed by atoms with Crippen LogP contribution >= 0.6 is 0 Å². The van der Waals surface area contributed by atoms with E-state index in [1.54, 1.807) is 38.3 Å². The molecule has 0 aromatic heterocycles. The third-order valence-corrected chi connectivity index (χ3v) is 3.39. The maximum Gasteiger partial charge on any atom is 0.265 e. The summed E-state index contributed by atoms with van der Waals surface area (Å²) in [6.07, 6.45) is -0.590. The third kappa shape index (κ3) is 4.01. The van der Waals surface area contributed by atoms with Crippen molar-refractivity contribution in [1.29, 1.82) is 0 Å². The van der Waals surface area contributed by atoms with Crippen molar-refractivity contribution >= 4 is 11.6 Å². The molecular formula is C18H21NO3. The molecule has 0 saturated heterocycles. The number of carbonyl (C=O) groups is 1. The van der Waals surface area contributed by atoms with Crippen molar-refractivity contribution in [3.63, 3.8) is 0 Å². The Balaban J connectivity index is 2.00. The van der Waals surface area contributed by atoms with Crippen LogP contribution in [-0.2, 0) is 4.79 Å². The number of aryl methyl sites for hydroxylation is 2. The molecule has 2 aromatic carbocycles. The minimum absolute atomic E-state index is 0.176. The summed E-state index contributed by atoms with van der Waals surface area (Å²) in [6.45, 7) is 5.68. The number of benzene rings is 2. The predicted molar refractivity (Wildman–Crippen MR) is 87.6 cm³/mol. The van der Waals surface area contributed by atoms with Crippen LogP contribution in [0.25, 0.3) is 0 Å². The summed E-state index contributed by atoms with van der Waals surface area (Å²) >= 11 is 0. The predicted octanol–water partition coefficient (Wildman–Crippen LogP) is 3.72. The average molecular weight is 299 g/mol. The Morgan fingerprint density at radius 3 is 2.32 bits per heavy atom. The summed E-state index contributed by atoms with van der Waals surface area (Å²) in [6, 6.07) is 13.1. The first-order valence-corrected chi connectivity index (χ1v) is 7.18. The second-order valence-corrected chi connectivity index (χ2v) is 5.24. The van der Waals surface area contributed by atoms with Crippen LogP contribution in [0.3, 0.4) is 0 Å². The van der Waals surface area contributed by atoms with Crippen LogP contribution in [0, 0.1) is 13.8 Å². The van der Waals surface area contributed by atoms with Gasteiger partial charge in [0.05, 0.1) is 7.11 Å². The molecule has 1 N–H and O–H groups in total. The van der Waals surface area contributed by atoms with E-state index in [9.17, 15) is 4.79 Å². The number of methoxy groups -OCH3 is 1. The number of carbonyl (C=O) groups excluding carboxylic acids is 1.